The molecule has 0 unspecified atom stereocenters. The molecule has 0 saturated carbocycles. The van der Waals surface area contributed by atoms with Crippen molar-refractivity contribution in [3.05, 3.63) is 59.4 Å². The third-order valence-electron chi connectivity index (χ3n) is 5.35. The van der Waals surface area contributed by atoms with E-state index in [0.29, 0.717) is 5.69 Å². The molecule has 0 spiro atoms. The number of hydrogen-bond acceptors (Lipinski definition) is 3. The first-order valence-electron chi connectivity index (χ1n) is 9.57. The average molecular weight is 405 g/mol. The van der Waals surface area contributed by atoms with Crippen LogP contribution in [0.5, 0.6) is 0 Å². The summed E-state index contributed by atoms with van der Waals surface area (Å²) in [6.07, 6.45) is 2.97. The Labute approximate surface area is 171 Å². The van der Waals surface area contributed by atoms with Crippen molar-refractivity contribution in [1.82, 2.24) is 10.2 Å². The second kappa shape index (κ2) is 9.26. The molecule has 2 aromatic carbocycles. The molecule has 7 heteroatoms. The number of piperidine rings is 1. The molecule has 0 aromatic heterocycles. The first-order valence-corrected chi connectivity index (χ1v) is 9.57. The summed E-state index contributed by atoms with van der Waals surface area (Å²) >= 11 is 0. The number of benzene rings is 2. The van der Waals surface area contributed by atoms with E-state index in [2.05, 4.69) is 39.0 Å². The molecule has 2 heterocycles. The Kier molecular flexibility index (Phi) is 6.75. The number of halogens is 2. The van der Waals surface area contributed by atoms with Crippen LogP contribution in [-0.4, -0.2) is 36.6 Å². The number of para-hydroxylation sites is 1. The largest absolute Gasteiger partial charge is 0.384 e. The number of amides is 2. The number of anilines is 2. The topological polar surface area (TPSA) is 56.4 Å². The number of nitrogens with one attached hydrogen (secondary N) is 3. The van der Waals surface area contributed by atoms with Gasteiger partial charge in [-0.2, -0.15) is 0 Å². The average Bonchev–Trinajstić information content (AvgIpc) is 3.15. The van der Waals surface area contributed by atoms with Gasteiger partial charge in [-0.05, 0) is 54.7 Å². The van der Waals surface area contributed by atoms with E-state index in [4.69, 9.17) is 0 Å². The molecule has 2 aliphatic rings. The molecule has 0 radical (unpaired) electrons. The highest BCUT2D eigenvalue weighted by Gasteiger charge is 2.22. The zero-order valence-electron chi connectivity index (χ0n) is 15.7. The third-order valence-corrected chi connectivity index (χ3v) is 5.35. The molecule has 0 aliphatic carbocycles. The van der Waals surface area contributed by atoms with Gasteiger partial charge in [0.2, 0.25) is 0 Å². The van der Waals surface area contributed by atoms with Gasteiger partial charge in [0.1, 0.15) is 5.82 Å². The van der Waals surface area contributed by atoms with Gasteiger partial charge in [0.15, 0.2) is 0 Å². The zero-order chi connectivity index (χ0) is 18.6. The highest BCUT2D eigenvalue weighted by Crippen LogP contribution is 2.28. The van der Waals surface area contributed by atoms with E-state index in [9.17, 15) is 9.18 Å². The third kappa shape index (κ3) is 4.94. The van der Waals surface area contributed by atoms with Gasteiger partial charge < -0.3 is 16.0 Å². The first-order chi connectivity index (χ1) is 13.2. The molecular weight excluding hydrogens is 379 g/mol. The van der Waals surface area contributed by atoms with E-state index in [0.717, 1.165) is 45.4 Å². The second-order valence-corrected chi connectivity index (χ2v) is 7.28. The van der Waals surface area contributed by atoms with Crippen molar-refractivity contribution in [2.75, 3.05) is 30.3 Å². The summed E-state index contributed by atoms with van der Waals surface area (Å²) in [5.74, 6) is -0.312. The minimum Gasteiger partial charge on any atom is -0.384 e. The van der Waals surface area contributed by atoms with Gasteiger partial charge in [0, 0.05) is 43.6 Å². The van der Waals surface area contributed by atoms with Crippen LogP contribution in [0.1, 0.15) is 24.0 Å². The number of carbonyl (C=O) groups excluding carboxylic acids is 1. The fourth-order valence-corrected chi connectivity index (χ4v) is 3.90. The molecular formula is C21H26ClFN4O. The lowest BCUT2D eigenvalue weighted by atomic mass is 10.0. The van der Waals surface area contributed by atoms with Crippen LogP contribution in [0.2, 0.25) is 0 Å². The highest BCUT2D eigenvalue weighted by atomic mass is 35.5. The SMILES string of the molecule is Cl.O=C(Nc1ccc(F)cc1)NC1CCN(Cc2cccc3c2NCC3)CC1. The van der Waals surface area contributed by atoms with Crippen molar-refractivity contribution in [3.8, 4) is 0 Å². The Balaban J connectivity index is 0.00000225. The van der Waals surface area contributed by atoms with Crippen LogP contribution in [0.25, 0.3) is 0 Å². The molecule has 0 bridgehead atoms. The number of urea groups is 1. The maximum atomic E-state index is 12.9. The smallest absolute Gasteiger partial charge is 0.319 e. The van der Waals surface area contributed by atoms with Crippen molar-refractivity contribution in [2.24, 2.45) is 0 Å². The Morgan fingerprint density at radius 2 is 1.89 bits per heavy atom. The van der Waals surface area contributed by atoms with Gasteiger partial charge in [0.05, 0.1) is 0 Å². The summed E-state index contributed by atoms with van der Waals surface area (Å²) in [6.45, 7) is 3.91. The Morgan fingerprint density at radius 1 is 1.14 bits per heavy atom. The van der Waals surface area contributed by atoms with Crippen LogP contribution < -0.4 is 16.0 Å². The van der Waals surface area contributed by atoms with E-state index in [1.165, 1.54) is 28.9 Å². The number of fused-ring (bicyclic) bond motifs is 1. The summed E-state index contributed by atoms with van der Waals surface area (Å²) in [6, 6.07) is 12.3. The van der Waals surface area contributed by atoms with E-state index >= 15 is 0 Å². The predicted octanol–water partition coefficient (Wildman–Crippen LogP) is 4.00. The van der Waals surface area contributed by atoms with Crippen molar-refractivity contribution in [2.45, 2.75) is 31.8 Å². The molecule has 2 amide bonds. The summed E-state index contributed by atoms with van der Waals surface area (Å²) in [4.78, 5) is 14.6. The van der Waals surface area contributed by atoms with Gasteiger partial charge in [-0.3, -0.25) is 4.90 Å². The lowest BCUT2D eigenvalue weighted by Gasteiger charge is -2.32. The summed E-state index contributed by atoms with van der Waals surface area (Å²) < 4.78 is 12.9. The van der Waals surface area contributed by atoms with E-state index in [-0.39, 0.29) is 30.3 Å². The minimum absolute atomic E-state index is 0. The molecule has 5 nitrogen and oxygen atoms in total. The Hall–Kier alpha value is -2.31. The molecule has 2 aromatic rings. The zero-order valence-corrected chi connectivity index (χ0v) is 16.5. The normalized spacial score (nSPS) is 16.6. The molecule has 150 valence electrons. The Morgan fingerprint density at radius 3 is 2.64 bits per heavy atom. The summed E-state index contributed by atoms with van der Waals surface area (Å²) in [7, 11) is 0. The molecule has 1 saturated heterocycles. The maximum absolute atomic E-state index is 12.9. The number of hydrogen-bond donors (Lipinski definition) is 3. The van der Waals surface area contributed by atoms with Crippen molar-refractivity contribution in [1.29, 1.82) is 0 Å². The standard InChI is InChI=1S/C21H25FN4O.ClH/c22-17-4-6-18(7-5-17)24-21(27)25-19-9-12-26(13-10-19)14-16-3-1-2-15-8-11-23-20(15)16;/h1-7,19,23H,8-14H2,(H2,24,25,27);1H. The number of likely N-dealkylation sites (tertiary alicyclic amines) is 1. The van der Waals surface area contributed by atoms with Gasteiger partial charge >= 0.3 is 6.03 Å². The van der Waals surface area contributed by atoms with Crippen LogP contribution >= 0.6 is 12.4 Å². The van der Waals surface area contributed by atoms with Gasteiger partial charge in [0.25, 0.3) is 0 Å². The summed E-state index contributed by atoms with van der Waals surface area (Å²) in [5.41, 5.74) is 4.69. The van der Waals surface area contributed by atoms with Crippen molar-refractivity contribution >= 4 is 29.8 Å². The molecule has 2 aliphatic heterocycles. The molecule has 1 fully saturated rings. The van der Waals surface area contributed by atoms with Crippen LogP contribution in [0.4, 0.5) is 20.6 Å². The van der Waals surface area contributed by atoms with Gasteiger partial charge in [-0.25, -0.2) is 9.18 Å². The molecule has 28 heavy (non-hydrogen) atoms. The quantitative estimate of drug-likeness (QED) is 0.721. The fraction of sp³-hybridized carbons (Fsp3) is 0.381. The maximum Gasteiger partial charge on any atom is 0.319 e. The molecule has 3 N–H and O–H groups in total. The first kappa shape index (κ1) is 20.4. The van der Waals surface area contributed by atoms with Crippen molar-refractivity contribution in [3.63, 3.8) is 0 Å². The number of carbonyl (C=O) groups is 1. The minimum atomic E-state index is -0.312. The van der Waals surface area contributed by atoms with Crippen molar-refractivity contribution < 1.29 is 9.18 Å². The van der Waals surface area contributed by atoms with E-state index in [1.807, 2.05) is 0 Å². The van der Waals surface area contributed by atoms with Gasteiger partial charge in [-0.15, -0.1) is 12.4 Å². The highest BCUT2D eigenvalue weighted by molar-refractivity contribution is 5.89. The second-order valence-electron chi connectivity index (χ2n) is 7.28. The Bertz CT molecular complexity index is 807. The number of rotatable bonds is 4. The lowest BCUT2D eigenvalue weighted by Crippen LogP contribution is -2.45. The predicted molar refractivity (Wildman–Crippen MR) is 113 cm³/mol. The van der Waals surface area contributed by atoms with Crippen LogP contribution in [0.15, 0.2) is 42.5 Å². The van der Waals surface area contributed by atoms with Crippen LogP contribution in [-0.2, 0) is 13.0 Å². The van der Waals surface area contributed by atoms with Gasteiger partial charge in [-0.1, -0.05) is 18.2 Å². The summed E-state index contributed by atoms with van der Waals surface area (Å²) in [5, 5.41) is 9.29. The molecule has 4 rings (SSSR count). The van der Waals surface area contributed by atoms with E-state index < -0.39 is 0 Å². The van der Waals surface area contributed by atoms with E-state index in [1.54, 1.807) is 12.1 Å². The van der Waals surface area contributed by atoms with Crippen LogP contribution in [0, 0.1) is 5.82 Å². The fourth-order valence-electron chi connectivity index (χ4n) is 3.90. The lowest BCUT2D eigenvalue weighted by molar-refractivity contribution is 0.190. The number of nitrogens with zero attached hydrogens (tertiary/aromatic N) is 1. The van der Waals surface area contributed by atoms with Crippen LogP contribution in [0.3, 0.4) is 0 Å². The monoisotopic (exact) mass is 404 g/mol. The molecule has 0 atom stereocenters.